The largest absolute Gasteiger partial charge is 0.435 e. The Hall–Kier alpha value is -2.35. The van der Waals surface area contributed by atoms with Gasteiger partial charge in [-0.25, -0.2) is 12.8 Å². The zero-order valence-corrected chi connectivity index (χ0v) is 18.8. The van der Waals surface area contributed by atoms with Crippen molar-refractivity contribution >= 4 is 9.84 Å². The molecule has 198 valence electrons. The summed E-state index contributed by atoms with van der Waals surface area (Å²) in [6.45, 7) is 0.115. The maximum absolute atomic E-state index is 14.6. The van der Waals surface area contributed by atoms with Crippen molar-refractivity contribution < 1.29 is 52.3 Å². The second-order valence-corrected chi connectivity index (χ2v) is 10.9. The number of sulfone groups is 1. The molecular weight excluding hydrogens is 532 g/mol. The smallest absolute Gasteiger partial charge is 0.312 e. The standard InChI is InChI=1S/C22H17F10NO2S/c23-19(21(27,28)29,22(30,31)32)14-4-7-16-12(11-14)1-8-17-18(16,9-10-33-17)36(34,35)15-5-2-13(3-6-15)20(24,25)26/h2-7,11,17,33H,1,8-10H2. The Morgan fingerprint density at radius 2 is 1.36 bits per heavy atom. The van der Waals surface area contributed by atoms with Crippen molar-refractivity contribution in [2.45, 2.75) is 59.1 Å². The average Bonchev–Trinajstić information content (AvgIpc) is 3.22. The fraction of sp³-hybridized carbons (Fsp3) is 0.455. The van der Waals surface area contributed by atoms with Gasteiger partial charge in [0.1, 0.15) is 4.75 Å². The summed E-state index contributed by atoms with van der Waals surface area (Å²) >= 11 is 0. The topological polar surface area (TPSA) is 46.2 Å². The van der Waals surface area contributed by atoms with Crippen molar-refractivity contribution in [2.24, 2.45) is 0 Å². The second kappa shape index (κ2) is 8.07. The number of hydrogen-bond acceptors (Lipinski definition) is 3. The van der Waals surface area contributed by atoms with Gasteiger partial charge >= 0.3 is 24.2 Å². The zero-order chi connectivity index (χ0) is 26.9. The minimum absolute atomic E-state index is 0.0202. The molecule has 36 heavy (non-hydrogen) atoms. The first kappa shape index (κ1) is 26.7. The van der Waals surface area contributed by atoms with Crippen LogP contribution >= 0.6 is 0 Å². The lowest BCUT2D eigenvalue weighted by Gasteiger charge is -2.41. The highest BCUT2D eigenvalue weighted by molar-refractivity contribution is 7.92. The van der Waals surface area contributed by atoms with Crippen molar-refractivity contribution in [3.63, 3.8) is 0 Å². The molecule has 3 nitrogen and oxygen atoms in total. The van der Waals surface area contributed by atoms with Gasteiger partial charge in [0.15, 0.2) is 9.84 Å². The molecule has 1 fully saturated rings. The predicted octanol–water partition coefficient (Wildman–Crippen LogP) is 5.97. The van der Waals surface area contributed by atoms with Gasteiger partial charge in [-0.3, -0.25) is 0 Å². The molecule has 4 rings (SSSR count). The Morgan fingerprint density at radius 1 is 0.806 bits per heavy atom. The lowest BCUT2D eigenvalue weighted by Crippen LogP contribution is -2.51. The molecular formula is C22H17F10NO2S. The number of aryl methyl sites for hydroxylation is 1. The SMILES string of the molecule is O=S(=O)(c1ccc(C(F)(F)F)cc1)C12CCNC1CCc1cc(C(F)(C(F)(F)F)C(F)(F)F)ccc12. The van der Waals surface area contributed by atoms with Gasteiger partial charge in [0.25, 0.3) is 0 Å². The van der Waals surface area contributed by atoms with Crippen LogP contribution in [-0.4, -0.2) is 33.4 Å². The first-order chi connectivity index (χ1) is 16.4. The Balaban J connectivity index is 1.88. The summed E-state index contributed by atoms with van der Waals surface area (Å²) in [7, 11) is -4.51. The lowest BCUT2D eigenvalue weighted by atomic mass is 9.77. The molecule has 0 radical (unpaired) electrons. The van der Waals surface area contributed by atoms with E-state index in [9.17, 15) is 52.3 Å². The molecule has 2 aromatic carbocycles. The van der Waals surface area contributed by atoms with Crippen LogP contribution in [0.2, 0.25) is 0 Å². The van der Waals surface area contributed by atoms with Crippen LogP contribution in [0, 0.1) is 0 Å². The third-order valence-corrected chi connectivity index (χ3v) is 9.42. The molecule has 1 heterocycles. The molecule has 2 unspecified atom stereocenters. The molecule has 2 aliphatic rings. The third-order valence-electron chi connectivity index (χ3n) is 6.86. The Labute approximate surface area is 198 Å². The molecule has 1 N–H and O–H groups in total. The van der Waals surface area contributed by atoms with Gasteiger partial charge in [0.2, 0.25) is 0 Å². The lowest BCUT2D eigenvalue weighted by molar-refractivity contribution is -0.348. The van der Waals surface area contributed by atoms with Crippen LogP contribution in [0.5, 0.6) is 0 Å². The number of nitrogens with one attached hydrogen (secondary N) is 1. The van der Waals surface area contributed by atoms with Crippen molar-refractivity contribution in [3.05, 3.63) is 64.7 Å². The molecule has 0 aromatic heterocycles. The maximum Gasteiger partial charge on any atom is 0.435 e. The van der Waals surface area contributed by atoms with Crippen LogP contribution in [0.1, 0.15) is 35.1 Å². The highest BCUT2D eigenvalue weighted by atomic mass is 32.2. The van der Waals surface area contributed by atoms with Crippen molar-refractivity contribution in [1.82, 2.24) is 5.32 Å². The van der Waals surface area contributed by atoms with Crippen molar-refractivity contribution in [1.29, 1.82) is 0 Å². The van der Waals surface area contributed by atoms with Gasteiger partial charge in [0.05, 0.1) is 10.5 Å². The maximum atomic E-state index is 14.6. The van der Waals surface area contributed by atoms with E-state index in [0.29, 0.717) is 18.2 Å². The first-order valence-electron chi connectivity index (χ1n) is 10.5. The third kappa shape index (κ3) is 3.70. The van der Waals surface area contributed by atoms with Gasteiger partial charge < -0.3 is 5.32 Å². The van der Waals surface area contributed by atoms with E-state index >= 15 is 0 Å². The number of benzene rings is 2. The molecule has 0 saturated carbocycles. The summed E-state index contributed by atoms with van der Waals surface area (Å²) in [6.07, 6.45) is -17.7. The number of rotatable bonds is 3. The minimum Gasteiger partial charge on any atom is -0.312 e. The molecule has 2 atom stereocenters. The molecule has 0 spiro atoms. The highest BCUT2D eigenvalue weighted by Crippen LogP contribution is 2.55. The Bertz CT molecular complexity index is 1250. The van der Waals surface area contributed by atoms with Crippen molar-refractivity contribution in [3.8, 4) is 0 Å². The van der Waals surface area contributed by atoms with Crippen LogP contribution in [0.15, 0.2) is 47.4 Å². The fourth-order valence-corrected chi connectivity index (χ4v) is 7.49. The Morgan fingerprint density at radius 3 is 1.89 bits per heavy atom. The van der Waals surface area contributed by atoms with Gasteiger partial charge in [-0.05, 0) is 61.2 Å². The molecule has 0 bridgehead atoms. The van der Waals surface area contributed by atoms with Crippen LogP contribution in [0.3, 0.4) is 0 Å². The van der Waals surface area contributed by atoms with E-state index in [1.807, 2.05) is 0 Å². The molecule has 1 aliphatic heterocycles. The molecule has 1 aliphatic carbocycles. The van der Waals surface area contributed by atoms with E-state index < -0.39 is 60.8 Å². The summed E-state index contributed by atoms with van der Waals surface area (Å²) in [5.41, 5.74) is -8.84. The second-order valence-electron chi connectivity index (χ2n) is 8.74. The minimum atomic E-state index is -6.34. The van der Waals surface area contributed by atoms with E-state index in [0.717, 1.165) is 18.2 Å². The summed E-state index contributed by atoms with van der Waals surface area (Å²) in [5.74, 6) is 0. The molecule has 2 aromatic rings. The number of halogens is 10. The van der Waals surface area contributed by atoms with Gasteiger partial charge in [-0.15, -0.1) is 0 Å². The number of alkyl halides is 10. The van der Waals surface area contributed by atoms with E-state index in [-0.39, 0.29) is 43.0 Å². The van der Waals surface area contributed by atoms with Crippen LogP contribution in [0.4, 0.5) is 43.9 Å². The van der Waals surface area contributed by atoms with Gasteiger partial charge in [-0.2, -0.15) is 39.5 Å². The average molecular weight is 549 g/mol. The monoisotopic (exact) mass is 549 g/mol. The highest BCUT2D eigenvalue weighted by Gasteiger charge is 2.73. The predicted molar refractivity (Wildman–Crippen MR) is 106 cm³/mol. The number of hydrogen-bond donors (Lipinski definition) is 1. The number of fused-ring (bicyclic) bond motifs is 3. The normalized spacial score (nSPS) is 23.3. The fourth-order valence-electron chi connectivity index (χ4n) is 5.14. The van der Waals surface area contributed by atoms with Gasteiger partial charge in [0, 0.05) is 11.6 Å². The summed E-state index contributed by atoms with van der Waals surface area (Å²) in [5, 5.41) is 2.95. The van der Waals surface area contributed by atoms with E-state index in [1.165, 1.54) is 0 Å². The summed E-state index contributed by atoms with van der Waals surface area (Å²) in [4.78, 5) is -0.494. The molecule has 0 amide bonds. The van der Waals surface area contributed by atoms with Crippen LogP contribution < -0.4 is 5.32 Å². The van der Waals surface area contributed by atoms with E-state index in [2.05, 4.69) is 5.32 Å². The summed E-state index contributed by atoms with van der Waals surface area (Å²) in [6, 6.07) is 3.23. The summed E-state index contributed by atoms with van der Waals surface area (Å²) < 4.78 is 159. The van der Waals surface area contributed by atoms with E-state index in [1.54, 1.807) is 0 Å². The van der Waals surface area contributed by atoms with Crippen LogP contribution in [-0.2, 0) is 32.9 Å². The van der Waals surface area contributed by atoms with E-state index in [4.69, 9.17) is 0 Å². The Kier molecular flexibility index (Phi) is 5.99. The van der Waals surface area contributed by atoms with Gasteiger partial charge in [-0.1, -0.05) is 18.2 Å². The van der Waals surface area contributed by atoms with Crippen LogP contribution in [0.25, 0.3) is 0 Å². The quantitative estimate of drug-likeness (QED) is 0.480. The molecule has 14 heteroatoms. The molecule has 1 saturated heterocycles. The first-order valence-corrected chi connectivity index (χ1v) is 12.0. The van der Waals surface area contributed by atoms with Crippen molar-refractivity contribution in [2.75, 3.05) is 6.54 Å². The zero-order valence-electron chi connectivity index (χ0n) is 18.0.